The maximum absolute atomic E-state index is 13.2. The molecule has 5 nitrogen and oxygen atoms in total. The van der Waals surface area contributed by atoms with E-state index in [1.165, 1.54) is 4.31 Å². The zero-order chi connectivity index (χ0) is 19.4. The SMILES string of the molecule is CC1CCCN(C(=O)CN(c2ccc(Br)cc2)S(=O)(=O)c2ccccc2)C1. The van der Waals surface area contributed by atoms with Crippen LogP contribution in [0.2, 0.25) is 0 Å². The van der Waals surface area contributed by atoms with Crippen LogP contribution in [0.3, 0.4) is 0 Å². The van der Waals surface area contributed by atoms with E-state index >= 15 is 0 Å². The van der Waals surface area contributed by atoms with Gasteiger partial charge in [0.2, 0.25) is 5.91 Å². The molecule has 1 aliphatic heterocycles. The molecule has 2 aromatic carbocycles. The highest BCUT2D eigenvalue weighted by molar-refractivity contribution is 9.10. The lowest BCUT2D eigenvalue weighted by atomic mass is 10.0. The van der Waals surface area contributed by atoms with Crippen LogP contribution in [0.15, 0.2) is 64.0 Å². The van der Waals surface area contributed by atoms with E-state index < -0.39 is 10.0 Å². The van der Waals surface area contributed by atoms with Gasteiger partial charge in [-0.1, -0.05) is 41.1 Å². The number of likely N-dealkylation sites (tertiary alicyclic amines) is 1. The van der Waals surface area contributed by atoms with Crippen molar-refractivity contribution >= 4 is 37.5 Å². The maximum atomic E-state index is 13.2. The smallest absolute Gasteiger partial charge is 0.264 e. The number of benzene rings is 2. The van der Waals surface area contributed by atoms with E-state index in [4.69, 9.17) is 0 Å². The molecule has 27 heavy (non-hydrogen) atoms. The zero-order valence-electron chi connectivity index (χ0n) is 15.2. The van der Waals surface area contributed by atoms with Gasteiger partial charge in [0.25, 0.3) is 10.0 Å². The van der Waals surface area contributed by atoms with Crippen LogP contribution >= 0.6 is 15.9 Å². The standard InChI is InChI=1S/C20H23BrN2O3S/c1-16-6-5-13-22(14-16)20(24)15-23(18-11-9-17(21)10-12-18)27(25,26)19-7-3-2-4-8-19/h2-4,7-12,16H,5-6,13-15H2,1H3. The molecule has 7 heteroatoms. The number of carbonyl (C=O) groups is 1. The average molecular weight is 451 g/mol. The van der Waals surface area contributed by atoms with E-state index in [1.807, 2.05) is 0 Å². The molecule has 144 valence electrons. The molecular formula is C20H23BrN2O3S. The Balaban J connectivity index is 1.93. The molecule has 1 unspecified atom stereocenters. The second-order valence-electron chi connectivity index (χ2n) is 6.89. The molecule has 0 radical (unpaired) electrons. The first-order valence-electron chi connectivity index (χ1n) is 8.99. The molecule has 2 aromatic rings. The molecule has 0 bridgehead atoms. The van der Waals surface area contributed by atoms with Gasteiger partial charge < -0.3 is 4.90 Å². The molecule has 1 amide bonds. The van der Waals surface area contributed by atoms with Gasteiger partial charge in [-0.25, -0.2) is 8.42 Å². The Hall–Kier alpha value is -1.86. The first-order valence-corrected chi connectivity index (χ1v) is 11.2. The lowest BCUT2D eigenvalue weighted by Gasteiger charge is -2.33. The number of carbonyl (C=O) groups excluding carboxylic acids is 1. The quantitative estimate of drug-likeness (QED) is 0.693. The van der Waals surface area contributed by atoms with E-state index in [1.54, 1.807) is 59.5 Å². The Morgan fingerprint density at radius 2 is 1.81 bits per heavy atom. The molecule has 3 rings (SSSR count). The third kappa shape index (κ3) is 4.71. The van der Waals surface area contributed by atoms with Crippen LogP contribution in [0.25, 0.3) is 0 Å². The van der Waals surface area contributed by atoms with Crippen molar-refractivity contribution in [2.24, 2.45) is 5.92 Å². The number of halogens is 1. The molecule has 0 aliphatic carbocycles. The number of amides is 1. The van der Waals surface area contributed by atoms with Gasteiger partial charge >= 0.3 is 0 Å². The van der Waals surface area contributed by atoms with E-state index in [-0.39, 0.29) is 17.3 Å². The van der Waals surface area contributed by atoms with E-state index in [9.17, 15) is 13.2 Å². The Morgan fingerprint density at radius 3 is 2.44 bits per heavy atom. The summed E-state index contributed by atoms with van der Waals surface area (Å²) in [6.45, 7) is 3.28. The number of rotatable bonds is 5. The van der Waals surface area contributed by atoms with Crippen molar-refractivity contribution in [1.82, 2.24) is 4.90 Å². The van der Waals surface area contributed by atoms with Gasteiger partial charge in [0.15, 0.2) is 0 Å². The molecule has 0 aromatic heterocycles. The number of hydrogen-bond donors (Lipinski definition) is 0. The van der Waals surface area contributed by atoms with E-state index in [0.717, 1.165) is 17.3 Å². The van der Waals surface area contributed by atoms with Crippen molar-refractivity contribution in [3.63, 3.8) is 0 Å². The van der Waals surface area contributed by atoms with Gasteiger partial charge in [-0.15, -0.1) is 0 Å². The average Bonchev–Trinajstić information content (AvgIpc) is 2.67. The molecule has 1 atom stereocenters. The number of anilines is 1. The molecule has 0 N–H and O–H groups in total. The summed E-state index contributed by atoms with van der Waals surface area (Å²) >= 11 is 3.37. The van der Waals surface area contributed by atoms with Gasteiger partial charge in [-0.3, -0.25) is 9.10 Å². The fraction of sp³-hybridized carbons (Fsp3) is 0.350. The predicted octanol–water partition coefficient (Wildman–Crippen LogP) is 3.90. The molecule has 0 spiro atoms. The fourth-order valence-corrected chi connectivity index (χ4v) is 4.98. The van der Waals surface area contributed by atoms with Gasteiger partial charge in [0, 0.05) is 17.6 Å². The van der Waals surface area contributed by atoms with Gasteiger partial charge in [0.05, 0.1) is 10.6 Å². The highest BCUT2D eigenvalue weighted by atomic mass is 79.9. The summed E-state index contributed by atoms with van der Waals surface area (Å²) in [7, 11) is -3.84. The summed E-state index contributed by atoms with van der Waals surface area (Å²) in [6.07, 6.45) is 2.05. The fourth-order valence-electron chi connectivity index (χ4n) is 3.28. The van der Waals surface area contributed by atoms with Crippen molar-refractivity contribution in [2.45, 2.75) is 24.7 Å². The monoisotopic (exact) mass is 450 g/mol. The lowest BCUT2D eigenvalue weighted by Crippen LogP contribution is -2.46. The predicted molar refractivity (Wildman–Crippen MR) is 110 cm³/mol. The Kier molecular flexibility index (Phi) is 6.22. The normalized spacial score (nSPS) is 17.6. The third-order valence-electron chi connectivity index (χ3n) is 4.73. The summed E-state index contributed by atoms with van der Waals surface area (Å²) in [5, 5.41) is 0. The van der Waals surface area contributed by atoms with Crippen molar-refractivity contribution in [2.75, 3.05) is 23.9 Å². The van der Waals surface area contributed by atoms with Gasteiger partial charge in [-0.2, -0.15) is 0 Å². The summed E-state index contributed by atoms with van der Waals surface area (Å²) in [5.74, 6) is 0.276. The largest absolute Gasteiger partial charge is 0.341 e. The number of nitrogens with zero attached hydrogens (tertiary/aromatic N) is 2. The highest BCUT2D eigenvalue weighted by Crippen LogP contribution is 2.26. The van der Waals surface area contributed by atoms with Crippen molar-refractivity contribution in [3.05, 3.63) is 59.1 Å². The van der Waals surface area contributed by atoms with Crippen LogP contribution in [-0.4, -0.2) is 38.9 Å². The molecule has 1 heterocycles. The van der Waals surface area contributed by atoms with Crippen LogP contribution in [0.5, 0.6) is 0 Å². The van der Waals surface area contributed by atoms with Crippen LogP contribution < -0.4 is 4.31 Å². The molecular weight excluding hydrogens is 428 g/mol. The zero-order valence-corrected chi connectivity index (χ0v) is 17.6. The summed E-state index contributed by atoms with van der Waals surface area (Å²) in [6, 6.07) is 15.2. The Morgan fingerprint density at radius 1 is 1.15 bits per heavy atom. The Bertz CT molecular complexity index is 885. The molecule has 0 saturated carbocycles. The highest BCUT2D eigenvalue weighted by Gasteiger charge is 2.30. The number of piperidine rings is 1. The molecule has 1 aliphatic rings. The van der Waals surface area contributed by atoms with Gasteiger partial charge in [-0.05, 0) is 55.2 Å². The van der Waals surface area contributed by atoms with Crippen molar-refractivity contribution < 1.29 is 13.2 Å². The number of sulfonamides is 1. The Labute approximate surface area is 169 Å². The molecule has 1 saturated heterocycles. The van der Waals surface area contributed by atoms with Crippen LogP contribution in [0.1, 0.15) is 19.8 Å². The van der Waals surface area contributed by atoms with E-state index in [2.05, 4.69) is 22.9 Å². The van der Waals surface area contributed by atoms with Gasteiger partial charge in [0.1, 0.15) is 6.54 Å². The topological polar surface area (TPSA) is 57.7 Å². The van der Waals surface area contributed by atoms with Crippen molar-refractivity contribution in [1.29, 1.82) is 0 Å². The minimum atomic E-state index is -3.84. The second kappa shape index (κ2) is 8.44. The summed E-state index contributed by atoms with van der Waals surface area (Å²) in [4.78, 5) is 14.8. The van der Waals surface area contributed by atoms with Crippen LogP contribution in [0.4, 0.5) is 5.69 Å². The second-order valence-corrected chi connectivity index (χ2v) is 9.67. The van der Waals surface area contributed by atoms with Crippen LogP contribution in [0, 0.1) is 5.92 Å². The minimum Gasteiger partial charge on any atom is -0.341 e. The maximum Gasteiger partial charge on any atom is 0.264 e. The first kappa shape index (κ1) is 19.9. The summed E-state index contributed by atoms with van der Waals surface area (Å²) in [5.41, 5.74) is 0.473. The van der Waals surface area contributed by atoms with Crippen LogP contribution in [-0.2, 0) is 14.8 Å². The van der Waals surface area contributed by atoms with E-state index in [0.29, 0.717) is 24.7 Å². The summed E-state index contributed by atoms with van der Waals surface area (Å²) < 4.78 is 28.5. The minimum absolute atomic E-state index is 0.163. The lowest BCUT2D eigenvalue weighted by molar-refractivity contribution is -0.131. The first-order chi connectivity index (χ1) is 12.9. The number of hydrogen-bond acceptors (Lipinski definition) is 3. The molecule has 1 fully saturated rings. The third-order valence-corrected chi connectivity index (χ3v) is 7.05. The van der Waals surface area contributed by atoms with Crippen molar-refractivity contribution in [3.8, 4) is 0 Å².